The monoisotopic (exact) mass is 1130 g/mol. The second-order valence-electron chi connectivity index (χ2n) is 20.8. The van der Waals surface area contributed by atoms with E-state index in [9.17, 15) is 64.5 Å². The summed E-state index contributed by atoms with van der Waals surface area (Å²) in [6.07, 6.45) is -14.3. The standard InChI is InChI=1S/C51H56F10N10O8/c1-47(2,50(56,57)58)40(65-46(77)78-5)42(73)63-37(16-29-9-6-28(7-10-29)8-11-30-12-13-39(62-19-30)69-26-49(27-69)24-68(25-49)32-22-79-23-32)38(72)21-70(67-43(74)41(64-45(75)76)48(3,4)51(59,60)61)20-33-34(52)17-31(18-35(33)53)36-14-15-71(66-36)44(54)55/h6-7,9-10,12-15,17-19,32,37-38,40-41,44,64,72H,16,20-27H2,1-5H3,(H,63,73)(H,65,77)(H,67,74)(H,75,76). The number of alkyl carbamates (subject to hydrolysis) is 1. The van der Waals surface area contributed by atoms with E-state index >= 15 is 8.78 Å². The Morgan fingerprint density at radius 1 is 0.835 bits per heavy atom. The number of nitrogens with zero attached hydrogens (tertiary/aromatic N) is 6. The van der Waals surface area contributed by atoms with Crippen LogP contribution in [0.25, 0.3) is 11.3 Å². The van der Waals surface area contributed by atoms with E-state index in [0.717, 1.165) is 64.6 Å². The highest BCUT2D eigenvalue weighted by atomic mass is 19.4. The smallest absolute Gasteiger partial charge is 0.407 e. The van der Waals surface area contributed by atoms with Crippen molar-refractivity contribution >= 4 is 29.8 Å². The summed E-state index contributed by atoms with van der Waals surface area (Å²) in [7, 11) is 0.810. The van der Waals surface area contributed by atoms with Crippen molar-refractivity contribution in [2.24, 2.45) is 16.2 Å². The SMILES string of the molecule is COC(=O)NC(C(=O)NC(Cc1ccc(C#Cc2ccc(N3CC4(C3)CN(C3COC3)C4)nc2)cc1)C(O)CN(Cc1c(F)cc(-c2ccn(C(F)F)n2)cc1F)NC(=O)C(NC(=O)O)C(C)(C)C(F)(F)F)C(C)(C)C(F)(F)F. The van der Waals surface area contributed by atoms with E-state index in [1.807, 2.05) is 22.9 Å². The molecule has 2 aromatic heterocycles. The highest BCUT2D eigenvalue weighted by molar-refractivity contribution is 5.87. The Morgan fingerprint density at radius 3 is 1.92 bits per heavy atom. The number of aromatic nitrogens is 3. The van der Waals surface area contributed by atoms with Crippen LogP contribution in [0.1, 0.15) is 56.5 Å². The Kier molecular flexibility index (Phi) is 17.5. The second kappa shape index (κ2) is 23.2. The number of halogens is 10. The Labute approximate surface area is 445 Å². The zero-order valence-corrected chi connectivity index (χ0v) is 43.0. The molecule has 0 aliphatic carbocycles. The predicted molar refractivity (Wildman–Crippen MR) is 260 cm³/mol. The summed E-state index contributed by atoms with van der Waals surface area (Å²) < 4.78 is 155. The summed E-state index contributed by atoms with van der Waals surface area (Å²) in [6, 6.07) is 5.49. The van der Waals surface area contributed by atoms with Gasteiger partial charge in [0.15, 0.2) is 0 Å². The van der Waals surface area contributed by atoms with Gasteiger partial charge in [0, 0.05) is 79.3 Å². The number of methoxy groups -OCH3 is 1. The molecule has 3 aliphatic heterocycles. The Bertz CT molecular complexity index is 2890. The number of nitrogens with one attached hydrogen (secondary N) is 4. The molecule has 3 fully saturated rings. The average Bonchev–Trinajstić information content (AvgIpc) is 3.98. The molecule has 5 heterocycles. The largest absolute Gasteiger partial charge is 0.465 e. The Morgan fingerprint density at radius 2 is 1.42 bits per heavy atom. The quantitative estimate of drug-likeness (QED) is 0.0362. The van der Waals surface area contributed by atoms with Gasteiger partial charge in [-0.25, -0.2) is 33.0 Å². The molecular weight excluding hydrogens is 1070 g/mol. The van der Waals surface area contributed by atoms with Gasteiger partial charge in [0.1, 0.15) is 29.5 Å². The Balaban J connectivity index is 1.16. The number of aliphatic hydroxyl groups excluding tert-OH is 1. The van der Waals surface area contributed by atoms with Gasteiger partial charge in [-0.3, -0.25) is 19.9 Å². The van der Waals surface area contributed by atoms with Crippen molar-refractivity contribution < 1.29 is 82.8 Å². The minimum atomic E-state index is -5.28. The number of ether oxygens (including phenoxy) is 2. The van der Waals surface area contributed by atoms with Crippen molar-refractivity contribution in [2.45, 2.75) is 89.8 Å². The molecule has 0 saturated carbocycles. The van der Waals surface area contributed by atoms with Crippen molar-refractivity contribution in [1.82, 2.24) is 46.0 Å². The van der Waals surface area contributed by atoms with Crippen LogP contribution < -0.4 is 26.3 Å². The second-order valence-corrected chi connectivity index (χ2v) is 20.8. The van der Waals surface area contributed by atoms with E-state index in [4.69, 9.17) is 4.74 Å². The number of likely N-dealkylation sites (tertiary alicyclic amines) is 1. The average molecular weight is 1130 g/mol. The van der Waals surface area contributed by atoms with Crippen LogP contribution >= 0.6 is 0 Å². The molecule has 79 heavy (non-hydrogen) atoms. The van der Waals surface area contributed by atoms with E-state index in [1.54, 1.807) is 6.20 Å². The van der Waals surface area contributed by atoms with Crippen LogP contribution in [-0.2, 0) is 32.0 Å². The van der Waals surface area contributed by atoms with Gasteiger partial charge < -0.3 is 40.5 Å². The number of anilines is 1. The minimum absolute atomic E-state index is 0.187. The van der Waals surface area contributed by atoms with Crippen LogP contribution in [0, 0.1) is 39.7 Å². The van der Waals surface area contributed by atoms with Gasteiger partial charge in [0.2, 0.25) is 5.91 Å². The molecule has 1 spiro atoms. The van der Waals surface area contributed by atoms with Crippen molar-refractivity contribution in [2.75, 3.05) is 57.9 Å². The van der Waals surface area contributed by atoms with Gasteiger partial charge in [-0.05, 0) is 82.1 Å². The molecule has 3 aliphatic rings. The molecule has 28 heteroatoms. The molecule has 2 aromatic carbocycles. The summed E-state index contributed by atoms with van der Waals surface area (Å²) in [5.74, 6) is 0.558. The molecule has 6 N–H and O–H groups in total. The van der Waals surface area contributed by atoms with Crippen LogP contribution in [0.4, 0.5) is 59.3 Å². The third-order valence-corrected chi connectivity index (χ3v) is 14.3. The molecule has 0 bridgehead atoms. The number of aliphatic hydroxyl groups is 1. The molecular formula is C51H56F10N10O8. The zero-order valence-electron chi connectivity index (χ0n) is 43.0. The van der Waals surface area contributed by atoms with E-state index < -0.39 is 115 Å². The molecule has 0 radical (unpaired) electrons. The third-order valence-electron chi connectivity index (χ3n) is 14.3. The Hall–Kier alpha value is -7.22. The molecule has 18 nitrogen and oxygen atoms in total. The molecule has 4 unspecified atom stereocenters. The number of carbonyl (C=O) groups excluding carboxylic acids is 3. The highest BCUT2D eigenvalue weighted by Gasteiger charge is 2.58. The maximum atomic E-state index is 16.0. The fraction of sp³-hybridized carbons (Fsp3) is 0.490. The van der Waals surface area contributed by atoms with Crippen molar-refractivity contribution in [3.63, 3.8) is 0 Å². The lowest BCUT2D eigenvalue weighted by atomic mass is 9.72. The number of benzene rings is 2. The van der Waals surface area contributed by atoms with Gasteiger partial charge in [-0.15, -0.1) is 0 Å². The first kappa shape index (κ1) is 59.4. The van der Waals surface area contributed by atoms with Gasteiger partial charge in [-0.1, -0.05) is 24.0 Å². The fourth-order valence-corrected chi connectivity index (χ4v) is 9.14. The maximum Gasteiger partial charge on any atom is 0.407 e. The molecule has 428 valence electrons. The molecule has 7 rings (SSSR count). The zero-order chi connectivity index (χ0) is 58.0. The highest BCUT2D eigenvalue weighted by Crippen LogP contribution is 2.44. The number of carbonyl (C=O) groups is 4. The first-order valence-electron chi connectivity index (χ1n) is 24.4. The predicted octanol–water partition coefficient (Wildman–Crippen LogP) is 6.00. The van der Waals surface area contributed by atoms with Crippen LogP contribution in [0.15, 0.2) is 67.0 Å². The summed E-state index contributed by atoms with van der Waals surface area (Å²) in [5, 5.41) is 31.0. The van der Waals surface area contributed by atoms with E-state index in [2.05, 4.69) is 41.8 Å². The van der Waals surface area contributed by atoms with Crippen molar-refractivity contribution in [1.29, 1.82) is 0 Å². The third kappa shape index (κ3) is 13.6. The van der Waals surface area contributed by atoms with Gasteiger partial charge >= 0.3 is 31.1 Å². The van der Waals surface area contributed by atoms with E-state index in [1.165, 1.54) is 29.6 Å². The van der Waals surface area contributed by atoms with Crippen LogP contribution in [0.2, 0.25) is 0 Å². The number of hydrogen-bond acceptors (Lipinski definition) is 12. The van der Waals surface area contributed by atoms with Crippen LogP contribution in [0.5, 0.6) is 0 Å². The minimum Gasteiger partial charge on any atom is -0.465 e. The van der Waals surface area contributed by atoms with Crippen LogP contribution in [0.3, 0.4) is 0 Å². The topological polar surface area (TPSA) is 216 Å². The number of alkyl halides is 8. The number of hydrazine groups is 1. The maximum absolute atomic E-state index is 16.0. The van der Waals surface area contributed by atoms with E-state index in [-0.39, 0.29) is 26.9 Å². The van der Waals surface area contributed by atoms with Gasteiger partial charge in [0.05, 0.1) is 55.0 Å². The lowest BCUT2D eigenvalue weighted by molar-refractivity contribution is -0.221. The van der Waals surface area contributed by atoms with Gasteiger partial charge in [0.25, 0.3) is 5.91 Å². The van der Waals surface area contributed by atoms with E-state index in [0.29, 0.717) is 62.0 Å². The number of rotatable bonds is 19. The number of hydrogen-bond donors (Lipinski definition) is 6. The summed E-state index contributed by atoms with van der Waals surface area (Å²) in [6.45, 7) is 1.95. The molecule has 4 aromatic rings. The molecule has 4 atom stereocenters. The number of pyridine rings is 1. The normalized spacial score (nSPS) is 17.3. The number of amides is 4. The first-order chi connectivity index (χ1) is 36.9. The number of carboxylic acid groups (broad SMARTS) is 1. The summed E-state index contributed by atoms with van der Waals surface area (Å²) in [4.78, 5) is 61.2. The first-order valence-corrected chi connectivity index (χ1v) is 24.4. The summed E-state index contributed by atoms with van der Waals surface area (Å²) >= 11 is 0. The fourth-order valence-electron chi connectivity index (χ4n) is 9.14. The molecule has 4 amide bonds. The lowest BCUT2D eigenvalue weighted by Gasteiger charge is -2.63. The lowest BCUT2D eigenvalue weighted by Crippen LogP contribution is -2.75. The van der Waals surface area contributed by atoms with Crippen molar-refractivity contribution in [3.05, 3.63) is 101 Å². The van der Waals surface area contributed by atoms with Crippen LogP contribution in [-0.4, -0.2) is 155 Å². The molecule has 3 saturated heterocycles. The van der Waals surface area contributed by atoms with Crippen molar-refractivity contribution in [3.8, 4) is 23.1 Å². The van der Waals surface area contributed by atoms with Gasteiger partial charge in [-0.2, -0.15) is 40.2 Å². The summed E-state index contributed by atoms with van der Waals surface area (Å²) in [5.41, 5.74) is -4.43.